The van der Waals surface area contributed by atoms with Crippen LogP contribution in [0.5, 0.6) is 0 Å². The first kappa shape index (κ1) is 81.5. The predicted octanol–water partition coefficient (Wildman–Crippen LogP) is 34.8. The zero-order chi connectivity index (χ0) is 89.8. The molecule has 0 saturated carbocycles. The van der Waals surface area contributed by atoms with Crippen molar-refractivity contribution in [1.29, 1.82) is 0 Å². The van der Waals surface area contributed by atoms with Gasteiger partial charge in [0.25, 0.3) is 0 Å². The number of fused-ring (bicyclic) bond motifs is 14. The Kier molecular flexibility index (Phi) is 21.0. The quantitative estimate of drug-likeness (QED) is 0.0997. The third-order valence-corrected chi connectivity index (χ3v) is 28.3. The summed E-state index contributed by atoms with van der Waals surface area (Å²) in [6, 6.07) is 195. The fraction of sp³-hybridized carbons (Fsp3) is 0.0229. The Hall–Kier alpha value is -16.8. The lowest BCUT2D eigenvalue weighted by Gasteiger charge is -2.35. The van der Waals surface area contributed by atoms with Crippen molar-refractivity contribution < 1.29 is 0 Å². The van der Waals surface area contributed by atoms with Gasteiger partial charge < -0.3 is 14.0 Å². The van der Waals surface area contributed by atoms with Crippen LogP contribution in [0.4, 0.5) is 17.1 Å². The van der Waals surface area contributed by atoms with Crippen molar-refractivity contribution >= 4 is 98.1 Å². The summed E-state index contributed by atoms with van der Waals surface area (Å²) in [7, 11) is 0. The van der Waals surface area contributed by atoms with Crippen LogP contribution in [0.1, 0.15) is 55.6 Å². The summed E-state index contributed by atoms with van der Waals surface area (Å²) in [5.74, 6) is 0. The van der Waals surface area contributed by atoms with E-state index in [0.717, 1.165) is 44.8 Å². The summed E-state index contributed by atoms with van der Waals surface area (Å²) in [5.41, 5.74) is 37.5. The minimum absolute atomic E-state index is 0.346. The molecule has 24 aromatic rings. The van der Waals surface area contributed by atoms with E-state index in [9.17, 15) is 0 Å². The number of anilines is 3. The van der Waals surface area contributed by atoms with Gasteiger partial charge in [-0.3, -0.25) is 0 Å². The van der Waals surface area contributed by atoms with E-state index >= 15 is 0 Å². The third kappa shape index (κ3) is 14.5. The maximum absolute atomic E-state index is 3.61. The molecule has 26 rings (SSSR count). The molecule has 0 unspecified atom stereocenters. The monoisotopic (exact) mass is 1780 g/mol. The first-order valence-corrected chi connectivity index (χ1v) is 47.3. The Morgan fingerprint density at radius 3 is 1.02 bits per heavy atom. The molecule has 0 atom stereocenters. The van der Waals surface area contributed by atoms with Gasteiger partial charge >= 0.3 is 0 Å². The molecule has 636 valence electrons. The van der Waals surface area contributed by atoms with E-state index in [-0.39, 0.29) is 5.41 Å². The highest BCUT2D eigenvalue weighted by Gasteiger charge is 2.48. The van der Waals surface area contributed by atoms with Crippen LogP contribution in [0.2, 0.25) is 0 Å². The number of benzene rings is 22. The molecule has 0 fully saturated rings. The Balaban J connectivity index is 0.000000123. The van der Waals surface area contributed by atoms with Gasteiger partial charge in [0.2, 0.25) is 0 Å². The zero-order valence-electron chi connectivity index (χ0n) is 74.2. The molecule has 0 spiro atoms. The molecule has 135 heavy (non-hydrogen) atoms. The van der Waals surface area contributed by atoms with Crippen molar-refractivity contribution in [3.63, 3.8) is 0 Å². The predicted molar refractivity (Wildman–Crippen MR) is 571 cm³/mol. The van der Waals surface area contributed by atoms with Crippen molar-refractivity contribution in [2.24, 2.45) is 0 Å². The molecule has 2 aromatic heterocycles. The van der Waals surface area contributed by atoms with Crippen LogP contribution < -0.4 is 4.90 Å². The molecule has 2 aliphatic rings. The van der Waals surface area contributed by atoms with Crippen LogP contribution in [-0.4, -0.2) is 9.13 Å². The maximum Gasteiger partial charge on any atom is 0.0714 e. The Morgan fingerprint density at radius 1 is 0.193 bits per heavy atom. The van der Waals surface area contributed by atoms with Crippen molar-refractivity contribution in [3.05, 3.63) is 594 Å². The standard InChI is InChI=1S/C65H44N2.C38H28.C28H18BrN/c1-4-17-45(18-5-1)47-31-35-53(36-32-47)66(56-38-40-58-57-27-12-14-29-61(57)65(62(58)44-56,51-22-6-2-7-23-51)52-24-8-3-9-25-52)54-26-16-21-49(42-54)50-34-39-60-59-28-13-15-30-63(59)67(64(60)43-50)55-37-33-46-19-10-11-20-48(46)41-55;1-4-12-30(13-5-1)31-23-20-28(21-24-31)26-29-22-25-35-34-18-10-11-19-36(34)38(37(35)27-29,32-14-6-2-7-15-32)33-16-8-3-9-17-33;29-23-9-5-8-20(16-23)22-13-15-26-25-10-3-4-11-27(25)30(28(26)18-22)24-14-12-19-6-1-2-7-21(19)17-24/h1-44H;1-25,27H,26H2;1-18H. The zero-order valence-corrected chi connectivity index (χ0v) is 75.8. The highest BCUT2D eigenvalue weighted by molar-refractivity contribution is 9.10. The van der Waals surface area contributed by atoms with Gasteiger partial charge in [-0.1, -0.05) is 453 Å². The summed E-state index contributed by atoms with van der Waals surface area (Å²) >= 11 is 3.61. The van der Waals surface area contributed by atoms with Crippen molar-refractivity contribution in [3.8, 4) is 78.1 Å². The molecule has 0 amide bonds. The average Bonchev–Trinajstić information content (AvgIpc) is 1.55. The lowest BCUT2D eigenvalue weighted by atomic mass is 9.67. The second-order valence-electron chi connectivity index (χ2n) is 35.4. The average molecular weight is 1790 g/mol. The van der Waals surface area contributed by atoms with Crippen LogP contribution in [-0.2, 0) is 17.3 Å². The van der Waals surface area contributed by atoms with Crippen LogP contribution in [0.15, 0.2) is 538 Å². The molecule has 0 aliphatic heterocycles. The van der Waals surface area contributed by atoms with Gasteiger partial charge in [-0.05, 0) is 247 Å². The summed E-state index contributed by atoms with van der Waals surface area (Å²) in [6.07, 6.45) is 0.901. The van der Waals surface area contributed by atoms with Crippen molar-refractivity contribution in [2.45, 2.75) is 17.3 Å². The number of para-hydroxylation sites is 2. The third-order valence-electron chi connectivity index (χ3n) is 27.9. The molecular formula is C131H90BrN3. The van der Waals surface area contributed by atoms with Gasteiger partial charge in [0.05, 0.1) is 32.9 Å². The SMILES string of the molecule is Brc1cccc(-c2ccc3c4ccccc4n(-c4ccc5ccccc5c4)c3c2)c1.c1ccc(-c2ccc(Cc3ccc4c(c3)C(c3ccccc3)(c3ccccc3)c3ccccc3-4)cc2)cc1.c1ccc(-c2ccc(N(c3cccc(-c4ccc5c6ccccc6n(-c6ccc7ccccc7c6)c5c4)c3)c3ccc4c(c3)C(c3ccccc3)(c3ccccc3)c3ccccc3-4)cc2)cc1. The van der Waals surface area contributed by atoms with Gasteiger partial charge in [-0.25, -0.2) is 0 Å². The van der Waals surface area contributed by atoms with Crippen LogP contribution in [0.3, 0.4) is 0 Å². The lowest BCUT2D eigenvalue weighted by Crippen LogP contribution is -2.28. The topological polar surface area (TPSA) is 13.1 Å². The number of hydrogen-bond donors (Lipinski definition) is 0. The number of rotatable bonds is 15. The van der Waals surface area contributed by atoms with E-state index in [1.807, 2.05) is 0 Å². The molecular weight excluding hydrogens is 1700 g/mol. The molecule has 0 N–H and O–H groups in total. The summed E-state index contributed by atoms with van der Waals surface area (Å²) in [4.78, 5) is 2.44. The van der Waals surface area contributed by atoms with E-state index < -0.39 is 5.41 Å². The van der Waals surface area contributed by atoms with Crippen molar-refractivity contribution in [2.75, 3.05) is 4.90 Å². The number of nitrogens with zero attached hydrogens (tertiary/aromatic N) is 3. The van der Waals surface area contributed by atoms with Gasteiger partial charge in [0, 0.05) is 54.5 Å². The molecule has 3 nitrogen and oxygen atoms in total. The fourth-order valence-corrected chi connectivity index (χ4v) is 22.1. The molecule has 2 heterocycles. The van der Waals surface area contributed by atoms with Crippen LogP contribution in [0, 0.1) is 0 Å². The van der Waals surface area contributed by atoms with E-state index in [2.05, 4.69) is 564 Å². The highest BCUT2D eigenvalue weighted by Crippen LogP contribution is 2.59. The van der Waals surface area contributed by atoms with Crippen LogP contribution in [0.25, 0.3) is 143 Å². The van der Waals surface area contributed by atoms with Crippen molar-refractivity contribution in [1.82, 2.24) is 9.13 Å². The highest BCUT2D eigenvalue weighted by atomic mass is 79.9. The maximum atomic E-state index is 3.61. The number of halogens is 1. The first-order chi connectivity index (χ1) is 66.8. The van der Waals surface area contributed by atoms with Gasteiger partial charge in [0.1, 0.15) is 0 Å². The Bertz CT molecular complexity index is 8480. The number of hydrogen-bond acceptors (Lipinski definition) is 1. The molecule has 22 aromatic carbocycles. The number of aromatic nitrogens is 2. The van der Waals surface area contributed by atoms with E-state index in [1.54, 1.807) is 0 Å². The summed E-state index contributed by atoms with van der Waals surface area (Å²) in [6.45, 7) is 0. The molecule has 4 heteroatoms. The second-order valence-corrected chi connectivity index (χ2v) is 36.4. The Morgan fingerprint density at radius 2 is 0.533 bits per heavy atom. The minimum Gasteiger partial charge on any atom is -0.310 e. The van der Waals surface area contributed by atoms with Crippen LogP contribution >= 0.6 is 15.9 Å². The lowest BCUT2D eigenvalue weighted by molar-refractivity contribution is 0.767. The van der Waals surface area contributed by atoms with Gasteiger partial charge in [0.15, 0.2) is 0 Å². The smallest absolute Gasteiger partial charge is 0.0714 e. The minimum atomic E-state index is -0.520. The second kappa shape index (κ2) is 34.8. The Labute approximate surface area is 795 Å². The first-order valence-electron chi connectivity index (χ1n) is 46.6. The largest absolute Gasteiger partial charge is 0.310 e. The molecule has 2 aliphatic carbocycles. The molecule has 0 bridgehead atoms. The van der Waals surface area contributed by atoms with E-state index in [1.165, 1.54) is 182 Å². The normalized spacial score (nSPS) is 12.5. The van der Waals surface area contributed by atoms with Gasteiger partial charge in [-0.2, -0.15) is 0 Å². The fourth-order valence-electron chi connectivity index (χ4n) is 21.7. The van der Waals surface area contributed by atoms with Gasteiger partial charge in [-0.15, -0.1) is 0 Å². The summed E-state index contributed by atoms with van der Waals surface area (Å²) < 4.78 is 5.91. The van der Waals surface area contributed by atoms with E-state index in [4.69, 9.17) is 0 Å². The molecule has 0 radical (unpaired) electrons. The van der Waals surface area contributed by atoms with E-state index in [0.29, 0.717) is 0 Å². The summed E-state index contributed by atoms with van der Waals surface area (Å²) in [5, 5.41) is 10.0. The molecule has 0 saturated heterocycles.